The van der Waals surface area contributed by atoms with Crippen molar-refractivity contribution in [3.05, 3.63) is 28.3 Å². The van der Waals surface area contributed by atoms with Crippen LogP contribution in [0.3, 0.4) is 0 Å². The summed E-state index contributed by atoms with van der Waals surface area (Å²) in [6.45, 7) is 0.266. The molecule has 9 nitrogen and oxygen atoms in total. The molecule has 126 valence electrons. The number of hydrogen-bond acceptors (Lipinski definition) is 6. The molecule has 1 unspecified atom stereocenters. The molecular formula is C13H17N3O6S. The first-order chi connectivity index (χ1) is 10.7. The normalized spacial score (nSPS) is 18.6. The van der Waals surface area contributed by atoms with Crippen molar-refractivity contribution < 1.29 is 22.9 Å². The van der Waals surface area contributed by atoms with Gasteiger partial charge in [0, 0.05) is 6.54 Å². The van der Waals surface area contributed by atoms with Gasteiger partial charge in [-0.25, -0.2) is 8.42 Å². The first-order valence-corrected chi connectivity index (χ1v) is 8.69. The number of sulfonamides is 1. The van der Waals surface area contributed by atoms with Crippen LogP contribution in [0.5, 0.6) is 5.75 Å². The molecule has 0 aliphatic carbocycles. The maximum atomic E-state index is 12.3. The third kappa shape index (κ3) is 3.77. The number of carbonyl (C=O) groups is 1. The van der Waals surface area contributed by atoms with Gasteiger partial charge in [-0.15, -0.1) is 0 Å². The Bertz CT molecular complexity index is 733. The summed E-state index contributed by atoms with van der Waals surface area (Å²) >= 11 is 0. The summed E-state index contributed by atoms with van der Waals surface area (Å²) in [5.74, 6) is -0.297. The van der Waals surface area contributed by atoms with Crippen LogP contribution >= 0.6 is 0 Å². The molecule has 1 aromatic rings. The highest BCUT2D eigenvalue weighted by Crippen LogP contribution is 2.30. The van der Waals surface area contributed by atoms with Crippen molar-refractivity contribution >= 4 is 27.3 Å². The third-order valence-corrected chi connectivity index (χ3v) is 4.88. The molecule has 2 rings (SSSR count). The van der Waals surface area contributed by atoms with Crippen LogP contribution in [0, 0.1) is 10.1 Å². The molecule has 1 fully saturated rings. The number of nitro benzene ring substituents is 1. The van der Waals surface area contributed by atoms with Crippen molar-refractivity contribution in [2.45, 2.75) is 18.9 Å². The molecule has 1 amide bonds. The second-order valence-electron chi connectivity index (χ2n) is 5.16. The van der Waals surface area contributed by atoms with E-state index in [4.69, 9.17) is 4.74 Å². The van der Waals surface area contributed by atoms with Crippen molar-refractivity contribution in [1.82, 2.24) is 4.31 Å². The van der Waals surface area contributed by atoms with E-state index < -0.39 is 26.9 Å². The molecule has 10 heteroatoms. The Morgan fingerprint density at radius 2 is 2.17 bits per heavy atom. The van der Waals surface area contributed by atoms with Crippen LogP contribution in [-0.2, 0) is 14.8 Å². The molecule has 1 saturated heterocycles. The van der Waals surface area contributed by atoms with Crippen molar-refractivity contribution in [3.63, 3.8) is 0 Å². The van der Waals surface area contributed by atoms with Crippen LogP contribution in [0.2, 0.25) is 0 Å². The van der Waals surface area contributed by atoms with Gasteiger partial charge >= 0.3 is 0 Å². The van der Waals surface area contributed by atoms with E-state index in [9.17, 15) is 23.3 Å². The lowest BCUT2D eigenvalue weighted by Gasteiger charge is -2.21. The number of methoxy groups -OCH3 is 1. The van der Waals surface area contributed by atoms with Crippen LogP contribution in [0.1, 0.15) is 12.8 Å². The fourth-order valence-electron chi connectivity index (χ4n) is 2.51. The lowest BCUT2D eigenvalue weighted by atomic mass is 10.2. The summed E-state index contributed by atoms with van der Waals surface area (Å²) in [6.07, 6.45) is 1.98. The molecule has 0 bridgehead atoms. The molecule has 1 aromatic carbocycles. The minimum Gasteiger partial charge on any atom is -0.496 e. The van der Waals surface area contributed by atoms with E-state index in [0.29, 0.717) is 12.8 Å². The Labute approximate surface area is 133 Å². The van der Waals surface area contributed by atoms with Gasteiger partial charge in [-0.05, 0) is 25.0 Å². The summed E-state index contributed by atoms with van der Waals surface area (Å²) in [7, 11) is -2.13. The van der Waals surface area contributed by atoms with Gasteiger partial charge in [0.2, 0.25) is 15.9 Å². The number of ether oxygens (including phenoxy) is 1. The number of rotatable bonds is 5. The Balaban J connectivity index is 2.25. The number of nitro groups is 1. The fraction of sp³-hybridized carbons (Fsp3) is 0.462. The topological polar surface area (TPSA) is 119 Å². The maximum absolute atomic E-state index is 12.3. The van der Waals surface area contributed by atoms with E-state index in [1.165, 1.54) is 25.3 Å². The van der Waals surface area contributed by atoms with Crippen LogP contribution in [0.15, 0.2) is 18.2 Å². The molecule has 0 radical (unpaired) electrons. The minimum atomic E-state index is -3.51. The minimum absolute atomic E-state index is 0.00107. The average Bonchev–Trinajstić information content (AvgIpc) is 2.97. The van der Waals surface area contributed by atoms with E-state index in [-0.39, 0.29) is 23.7 Å². The number of hydrogen-bond donors (Lipinski definition) is 1. The van der Waals surface area contributed by atoms with Gasteiger partial charge in [-0.2, -0.15) is 4.31 Å². The molecule has 1 N–H and O–H groups in total. The Hall–Kier alpha value is -2.20. The maximum Gasteiger partial charge on any atom is 0.296 e. The van der Waals surface area contributed by atoms with E-state index >= 15 is 0 Å². The first-order valence-electron chi connectivity index (χ1n) is 6.84. The molecule has 1 atom stereocenters. The average molecular weight is 343 g/mol. The predicted molar refractivity (Wildman–Crippen MR) is 82.8 cm³/mol. The Morgan fingerprint density at radius 1 is 1.48 bits per heavy atom. The lowest BCUT2D eigenvalue weighted by Crippen LogP contribution is -2.42. The van der Waals surface area contributed by atoms with E-state index in [1.807, 2.05) is 0 Å². The quantitative estimate of drug-likeness (QED) is 0.628. The van der Waals surface area contributed by atoms with E-state index in [1.54, 1.807) is 0 Å². The summed E-state index contributed by atoms with van der Waals surface area (Å²) in [4.78, 5) is 22.8. The van der Waals surface area contributed by atoms with Crippen molar-refractivity contribution in [3.8, 4) is 5.75 Å². The highest BCUT2D eigenvalue weighted by atomic mass is 32.2. The van der Waals surface area contributed by atoms with Gasteiger partial charge in [0.1, 0.15) is 17.5 Å². The first kappa shape index (κ1) is 17.2. The molecule has 1 aliphatic rings. The molecule has 0 saturated carbocycles. The highest BCUT2D eigenvalue weighted by molar-refractivity contribution is 7.88. The zero-order valence-corrected chi connectivity index (χ0v) is 13.5. The standard InChI is InChI=1S/C13H17N3O6S/c1-22-9-5-6-10(12(8-9)16(18)19)14-13(17)11-4-3-7-15(11)23(2,20)21/h5-6,8,11H,3-4,7H2,1-2H3,(H,14,17). The van der Waals surface area contributed by atoms with Gasteiger partial charge in [0.25, 0.3) is 5.69 Å². The molecule has 1 aliphatic heterocycles. The number of nitrogens with zero attached hydrogens (tertiary/aromatic N) is 2. The number of nitrogens with one attached hydrogen (secondary N) is 1. The highest BCUT2D eigenvalue weighted by Gasteiger charge is 2.37. The molecule has 23 heavy (non-hydrogen) atoms. The van der Waals surface area contributed by atoms with Crippen LogP contribution in [-0.4, -0.2) is 49.5 Å². The number of benzene rings is 1. The Kier molecular flexibility index (Phi) is 4.85. The summed E-state index contributed by atoms with van der Waals surface area (Å²) < 4.78 is 29.4. The van der Waals surface area contributed by atoms with Crippen molar-refractivity contribution in [2.75, 3.05) is 25.2 Å². The molecule has 0 spiro atoms. The SMILES string of the molecule is COc1ccc(NC(=O)C2CCCN2S(C)(=O)=O)c([N+](=O)[O-])c1. The number of carbonyl (C=O) groups excluding carboxylic acids is 1. The number of anilines is 1. The zero-order valence-electron chi connectivity index (χ0n) is 12.7. The smallest absolute Gasteiger partial charge is 0.296 e. The summed E-state index contributed by atoms with van der Waals surface area (Å²) in [6, 6.07) is 3.17. The van der Waals surface area contributed by atoms with Crippen LogP contribution < -0.4 is 10.1 Å². The van der Waals surface area contributed by atoms with Gasteiger partial charge in [0.15, 0.2) is 0 Å². The predicted octanol–water partition coefficient (Wildman–Crippen LogP) is 0.966. The molecule has 1 heterocycles. The summed E-state index contributed by atoms with van der Waals surface area (Å²) in [5.41, 5.74) is -0.317. The lowest BCUT2D eigenvalue weighted by molar-refractivity contribution is -0.384. The van der Waals surface area contributed by atoms with Gasteiger partial charge in [0.05, 0.1) is 24.4 Å². The second kappa shape index (κ2) is 6.50. The van der Waals surface area contributed by atoms with Gasteiger partial charge < -0.3 is 10.1 Å². The second-order valence-corrected chi connectivity index (χ2v) is 7.10. The molecular weight excluding hydrogens is 326 g/mol. The van der Waals surface area contributed by atoms with Crippen LogP contribution in [0.4, 0.5) is 11.4 Å². The third-order valence-electron chi connectivity index (χ3n) is 3.59. The monoisotopic (exact) mass is 343 g/mol. The molecule has 0 aromatic heterocycles. The van der Waals surface area contributed by atoms with Gasteiger partial charge in [-0.3, -0.25) is 14.9 Å². The van der Waals surface area contributed by atoms with E-state index in [0.717, 1.165) is 10.6 Å². The summed E-state index contributed by atoms with van der Waals surface area (Å²) in [5, 5.41) is 13.6. The Morgan fingerprint density at radius 3 is 2.74 bits per heavy atom. The number of amides is 1. The zero-order chi connectivity index (χ0) is 17.2. The van der Waals surface area contributed by atoms with E-state index in [2.05, 4.69) is 5.32 Å². The van der Waals surface area contributed by atoms with Crippen LogP contribution in [0.25, 0.3) is 0 Å². The fourth-order valence-corrected chi connectivity index (χ4v) is 3.63. The largest absolute Gasteiger partial charge is 0.496 e. The van der Waals surface area contributed by atoms with Crippen molar-refractivity contribution in [1.29, 1.82) is 0 Å². The van der Waals surface area contributed by atoms with Gasteiger partial charge in [-0.1, -0.05) is 0 Å². The van der Waals surface area contributed by atoms with Crippen molar-refractivity contribution in [2.24, 2.45) is 0 Å².